The normalized spacial score (nSPS) is 15.5. The van der Waals surface area contributed by atoms with E-state index < -0.39 is 0 Å². The van der Waals surface area contributed by atoms with Crippen LogP contribution in [0.2, 0.25) is 0 Å². The highest BCUT2D eigenvalue weighted by atomic mass is 79.9. The van der Waals surface area contributed by atoms with Crippen LogP contribution in [0, 0.1) is 11.8 Å². The predicted octanol–water partition coefficient (Wildman–Crippen LogP) is 7.35. The topological polar surface area (TPSA) is 0 Å². The van der Waals surface area contributed by atoms with Gasteiger partial charge in [-0.15, -0.1) is 0 Å². The van der Waals surface area contributed by atoms with Gasteiger partial charge in [0.15, 0.2) is 0 Å². The molecule has 0 N–H and O–H groups in total. The minimum Gasteiger partial charge on any atom is -0.0856 e. The number of unbranched alkanes of at least 4 members (excludes halogenated alkanes) is 5. The quantitative estimate of drug-likeness (QED) is 0.259. The van der Waals surface area contributed by atoms with Gasteiger partial charge in [0.25, 0.3) is 0 Å². The molecule has 116 valence electrons. The van der Waals surface area contributed by atoms with Crippen LogP contribution in [-0.4, -0.2) is 4.32 Å². The molecule has 2 atom stereocenters. The highest BCUT2D eigenvalue weighted by molar-refractivity contribution is 9.10. The Bertz CT molecular complexity index is 192. The standard InChI is InChI=1S/C18H37Br/c1-6-8-9-10-11-12-14-16(3)15-17(13-7-2)18(4,5)19/h16-17H,6-15H2,1-5H3. The molecule has 0 aliphatic heterocycles. The van der Waals surface area contributed by atoms with Crippen molar-refractivity contribution in [1.29, 1.82) is 0 Å². The lowest BCUT2D eigenvalue weighted by Gasteiger charge is -2.31. The van der Waals surface area contributed by atoms with Crippen molar-refractivity contribution in [3.8, 4) is 0 Å². The molecule has 0 aromatic rings. The summed E-state index contributed by atoms with van der Waals surface area (Å²) in [6.45, 7) is 11.7. The molecule has 0 bridgehead atoms. The van der Waals surface area contributed by atoms with Crippen LogP contribution in [0.15, 0.2) is 0 Å². The third kappa shape index (κ3) is 10.9. The van der Waals surface area contributed by atoms with Gasteiger partial charge in [0.05, 0.1) is 0 Å². The van der Waals surface area contributed by atoms with Gasteiger partial charge in [-0.25, -0.2) is 0 Å². The van der Waals surface area contributed by atoms with E-state index in [1.165, 1.54) is 64.2 Å². The molecular formula is C18H37Br. The molecule has 0 heterocycles. The lowest BCUT2D eigenvalue weighted by molar-refractivity contribution is 0.302. The third-order valence-electron chi connectivity index (χ3n) is 4.35. The first-order chi connectivity index (χ1) is 8.91. The zero-order valence-electron chi connectivity index (χ0n) is 14.1. The van der Waals surface area contributed by atoms with Crippen molar-refractivity contribution in [2.45, 2.75) is 103 Å². The summed E-state index contributed by atoms with van der Waals surface area (Å²) in [6.07, 6.45) is 14.0. The first-order valence-electron chi connectivity index (χ1n) is 8.60. The Morgan fingerprint density at radius 1 is 0.842 bits per heavy atom. The first kappa shape index (κ1) is 19.5. The molecule has 0 spiro atoms. The zero-order chi connectivity index (χ0) is 14.7. The molecule has 0 aromatic carbocycles. The number of rotatable bonds is 12. The monoisotopic (exact) mass is 332 g/mol. The molecule has 2 unspecified atom stereocenters. The van der Waals surface area contributed by atoms with Crippen molar-refractivity contribution >= 4 is 15.9 Å². The summed E-state index contributed by atoms with van der Waals surface area (Å²) in [5.74, 6) is 1.71. The van der Waals surface area contributed by atoms with Gasteiger partial charge in [0, 0.05) is 4.32 Å². The average Bonchev–Trinajstić information content (AvgIpc) is 2.32. The van der Waals surface area contributed by atoms with Crippen molar-refractivity contribution < 1.29 is 0 Å². The van der Waals surface area contributed by atoms with Gasteiger partial charge in [-0.05, 0) is 38.5 Å². The van der Waals surface area contributed by atoms with Gasteiger partial charge in [-0.2, -0.15) is 0 Å². The van der Waals surface area contributed by atoms with E-state index >= 15 is 0 Å². The van der Waals surface area contributed by atoms with Gasteiger partial charge < -0.3 is 0 Å². The Morgan fingerprint density at radius 3 is 1.95 bits per heavy atom. The molecule has 0 fully saturated rings. The Labute approximate surface area is 131 Å². The second-order valence-electron chi connectivity index (χ2n) is 6.95. The summed E-state index contributed by atoms with van der Waals surface area (Å²) in [7, 11) is 0. The Hall–Kier alpha value is 0.480. The fraction of sp³-hybridized carbons (Fsp3) is 1.00. The molecule has 0 rings (SSSR count). The summed E-state index contributed by atoms with van der Waals surface area (Å²) in [5.41, 5.74) is 0. The predicted molar refractivity (Wildman–Crippen MR) is 93.2 cm³/mol. The van der Waals surface area contributed by atoms with Crippen LogP contribution in [0.4, 0.5) is 0 Å². The number of hydrogen-bond donors (Lipinski definition) is 0. The number of halogens is 1. The van der Waals surface area contributed by atoms with Crippen LogP contribution in [0.1, 0.15) is 98.8 Å². The van der Waals surface area contributed by atoms with E-state index in [9.17, 15) is 0 Å². The third-order valence-corrected chi connectivity index (χ3v) is 4.99. The molecule has 0 aliphatic carbocycles. The van der Waals surface area contributed by atoms with Crippen LogP contribution in [0.25, 0.3) is 0 Å². The summed E-state index contributed by atoms with van der Waals surface area (Å²) in [6, 6.07) is 0. The van der Waals surface area contributed by atoms with Crippen LogP contribution in [0.5, 0.6) is 0 Å². The van der Waals surface area contributed by atoms with E-state index in [0.717, 1.165) is 11.8 Å². The minimum atomic E-state index is 0.304. The van der Waals surface area contributed by atoms with Gasteiger partial charge in [-0.3, -0.25) is 0 Å². The summed E-state index contributed by atoms with van der Waals surface area (Å²) < 4.78 is 0.304. The maximum atomic E-state index is 3.88. The van der Waals surface area contributed by atoms with Crippen LogP contribution in [0.3, 0.4) is 0 Å². The van der Waals surface area contributed by atoms with Crippen LogP contribution < -0.4 is 0 Å². The fourth-order valence-corrected chi connectivity index (χ4v) is 3.38. The van der Waals surface area contributed by atoms with Gasteiger partial charge in [0.2, 0.25) is 0 Å². The molecule has 0 amide bonds. The highest BCUT2D eigenvalue weighted by Gasteiger charge is 2.26. The molecule has 0 aliphatic rings. The SMILES string of the molecule is CCCCCCCCC(C)CC(CCC)C(C)(C)Br. The minimum absolute atomic E-state index is 0.304. The molecule has 0 aromatic heterocycles. The molecule has 0 radical (unpaired) electrons. The van der Waals surface area contributed by atoms with Crippen molar-refractivity contribution in [2.24, 2.45) is 11.8 Å². The van der Waals surface area contributed by atoms with E-state index in [-0.39, 0.29) is 0 Å². The lowest BCUT2D eigenvalue weighted by atomic mass is 9.82. The van der Waals surface area contributed by atoms with Crippen molar-refractivity contribution in [2.75, 3.05) is 0 Å². The summed E-state index contributed by atoms with van der Waals surface area (Å²) >= 11 is 3.88. The van der Waals surface area contributed by atoms with Crippen LogP contribution in [-0.2, 0) is 0 Å². The second kappa shape index (κ2) is 11.2. The average molecular weight is 333 g/mol. The van der Waals surface area contributed by atoms with E-state index in [1.54, 1.807) is 0 Å². The lowest BCUT2D eigenvalue weighted by Crippen LogP contribution is -2.25. The largest absolute Gasteiger partial charge is 0.0856 e. The Morgan fingerprint density at radius 2 is 1.42 bits per heavy atom. The number of hydrogen-bond acceptors (Lipinski definition) is 0. The molecular weight excluding hydrogens is 296 g/mol. The van der Waals surface area contributed by atoms with Gasteiger partial charge in [0.1, 0.15) is 0 Å². The first-order valence-corrected chi connectivity index (χ1v) is 9.40. The fourth-order valence-electron chi connectivity index (χ4n) is 2.97. The van der Waals surface area contributed by atoms with Crippen molar-refractivity contribution in [1.82, 2.24) is 0 Å². The summed E-state index contributed by atoms with van der Waals surface area (Å²) in [4.78, 5) is 0. The maximum absolute atomic E-state index is 3.88. The van der Waals surface area contributed by atoms with E-state index in [2.05, 4.69) is 50.5 Å². The smallest absolute Gasteiger partial charge is 0.0229 e. The Balaban J connectivity index is 3.78. The molecule has 19 heavy (non-hydrogen) atoms. The summed E-state index contributed by atoms with van der Waals surface area (Å²) in [5, 5.41) is 0. The van der Waals surface area contributed by atoms with Crippen molar-refractivity contribution in [3.63, 3.8) is 0 Å². The Kier molecular flexibility index (Phi) is 11.5. The second-order valence-corrected chi connectivity index (χ2v) is 8.99. The zero-order valence-corrected chi connectivity index (χ0v) is 15.7. The highest BCUT2D eigenvalue weighted by Crippen LogP contribution is 2.36. The van der Waals surface area contributed by atoms with Gasteiger partial charge >= 0.3 is 0 Å². The van der Waals surface area contributed by atoms with Crippen LogP contribution >= 0.6 is 15.9 Å². The molecule has 0 saturated carbocycles. The van der Waals surface area contributed by atoms with Gasteiger partial charge in [-0.1, -0.05) is 88.1 Å². The molecule has 0 nitrogen and oxygen atoms in total. The molecule has 1 heteroatoms. The van der Waals surface area contributed by atoms with E-state index in [1.807, 2.05) is 0 Å². The number of alkyl halides is 1. The van der Waals surface area contributed by atoms with Crippen molar-refractivity contribution in [3.05, 3.63) is 0 Å². The molecule has 0 saturated heterocycles. The van der Waals surface area contributed by atoms with E-state index in [4.69, 9.17) is 0 Å². The maximum Gasteiger partial charge on any atom is 0.0229 e. The van der Waals surface area contributed by atoms with E-state index in [0.29, 0.717) is 4.32 Å².